The monoisotopic (exact) mass is 267 g/mol. The predicted octanol–water partition coefficient (Wildman–Crippen LogP) is 3.22. The SMILES string of the molecule is N#CC[C@@H]1CCCN1Cc1ncc(-c2ccccc2)o1. The zero-order chi connectivity index (χ0) is 13.8. The Morgan fingerprint density at radius 2 is 2.20 bits per heavy atom. The van der Waals surface area contributed by atoms with Crippen molar-refractivity contribution >= 4 is 0 Å². The first-order chi connectivity index (χ1) is 9.86. The van der Waals surface area contributed by atoms with Gasteiger partial charge in [0.25, 0.3) is 0 Å². The van der Waals surface area contributed by atoms with E-state index in [1.165, 1.54) is 0 Å². The Bertz CT molecular complexity index is 600. The molecule has 20 heavy (non-hydrogen) atoms. The summed E-state index contributed by atoms with van der Waals surface area (Å²) < 4.78 is 5.82. The molecule has 102 valence electrons. The van der Waals surface area contributed by atoms with Gasteiger partial charge in [0.2, 0.25) is 5.89 Å². The first-order valence-corrected chi connectivity index (χ1v) is 6.98. The summed E-state index contributed by atoms with van der Waals surface area (Å²) in [7, 11) is 0. The van der Waals surface area contributed by atoms with Crippen molar-refractivity contribution in [3.05, 3.63) is 42.4 Å². The van der Waals surface area contributed by atoms with Crippen LogP contribution in [0.2, 0.25) is 0 Å². The molecule has 0 amide bonds. The number of aromatic nitrogens is 1. The predicted molar refractivity (Wildman–Crippen MR) is 75.6 cm³/mol. The largest absolute Gasteiger partial charge is 0.439 e. The first kappa shape index (κ1) is 12.9. The Morgan fingerprint density at radius 1 is 1.35 bits per heavy atom. The number of likely N-dealkylation sites (tertiary alicyclic amines) is 1. The second-order valence-corrected chi connectivity index (χ2v) is 5.11. The van der Waals surface area contributed by atoms with E-state index in [-0.39, 0.29) is 0 Å². The summed E-state index contributed by atoms with van der Waals surface area (Å²) in [6.07, 6.45) is 4.62. The third-order valence-electron chi connectivity index (χ3n) is 3.78. The minimum absolute atomic E-state index is 0.354. The summed E-state index contributed by atoms with van der Waals surface area (Å²) in [5, 5.41) is 8.85. The van der Waals surface area contributed by atoms with Crippen LogP contribution in [0, 0.1) is 11.3 Å². The minimum Gasteiger partial charge on any atom is -0.439 e. The normalized spacial score (nSPS) is 19.1. The Balaban J connectivity index is 1.70. The van der Waals surface area contributed by atoms with Gasteiger partial charge in [-0.05, 0) is 19.4 Å². The average Bonchev–Trinajstić information content (AvgIpc) is 3.11. The molecule has 1 aromatic heterocycles. The molecule has 0 unspecified atom stereocenters. The highest BCUT2D eigenvalue weighted by Gasteiger charge is 2.25. The molecule has 4 nitrogen and oxygen atoms in total. The zero-order valence-corrected chi connectivity index (χ0v) is 11.3. The maximum absolute atomic E-state index is 8.85. The van der Waals surface area contributed by atoms with E-state index in [0.717, 1.165) is 36.6 Å². The van der Waals surface area contributed by atoms with E-state index in [2.05, 4.69) is 16.0 Å². The van der Waals surface area contributed by atoms with Crippen LogP contribution in [-0.4, -0.2) is 22.5 Å². The van der Waals surface area contributed by atoms with Crippen LogP contribution >= 0.6 is 0 Å². The van der Waals surface area contributed by atoms with Gasteiger partial charge in [-0.2, -0.15) is 5.26 Å². The fourth-order valence-corrected chi connectivity index (χ4v) is 2.73. The molecule has 1 aromatic carbocycles. The van der Waals surface area contributed by atoms with Crippen LogP contribution in [0.1, 0.15) is 25.2 Å². The summed E-state index contributed by atoms with van der Waals surface area (Å²) in [5.74, 6) is 1.53. The van der Waals surface area contributed by atoms with Crippen molar-refractivity contribution in [2.24, 2.45) is 0 Å². The van der Waals surface area contributed by atoms with Crippen molar-refractivity contribution in [2.45, 2.75) is 31.8 Å². The van der Waals surface area contributed by atoms with Gasteiger partial charge in [-0.15, -0.1) is 0 Å². The van der Waals surface area contributed by atoms with E-state index < -0.39 is 0 Å². The lowest BCUT2D eigenvalue weighted by Crippen LogP contribution is -2.28. The summed E-state index contributed by atoms with van der Waals surface area (Å²) in [6.45, 7) is 1.72. The molecule has 0 aliphatic carbocycles. The maximum Gasteiger partial charge on any atom is 0.209 e. The summed E-state index contributed by atoms with van der Waals surface area (Å²) in [4.78, 5) is 6.65. The second kappa shape index (κ2) is 5.89. The summed E-state index contributed by atoms with van der Waals surface area (Å²) in [6, 6.07) is 12.6. The second-order valence-electron chi connectivity index (χ2n) is 5.11. The Labute approximate surface area is 118 Å². The highest BCUT2D eigenvalue weighted by Crippen LogP contribution is 2.24. The molecule has 1 atom stereocenters. The lowest BCUT2D eigenvalue weighted by Gasteiger charge is -2.20. The molecule has 2 aromatic rings. The quantitative estimate of drug-likeness (QED) is 0.853. The van der Waals surface area contributed by atoms with Gasteiger partial charge in [-0.3, -0.25) is 4.90 Å². The molecule has 0 bridgehead atoms. The highest BCUT2D eigenvalue weighted by molar-refractivity contribution is 5.55. The number of hydrogen-bond acceptors (Lipinski definition) is 4. The number of nitrogens with zero attached hydrogens (tertiary/aromatic N) is 3. The van der Waals surface area contributed by atoms with Gasteiger partial charge >= 0.3 is 0 Å². The first-order valence-electron chi connectivity index (χ1n) is 6.98. The van der Waals surface area contributed by atoms with E-state index in [1.54, 1.807) is 6.20 Å². The molecule has 0 saturated carbocycles. The third kappa shape index (κ3) is 2.73. The van der Waals surface area contributed by atoms with E-state index >= 15 is 0 Å². The van der Waals surface area contributed by atoms with E-state index in [0.29, 0.717) is 19.0 Å². The third-order valence-corrected chi connectivity index (χ3v) is 3.78. The zero-order valence-electron chi connectivity index (χ0n) is 11.3. The molecule has 1 aliphatic rings. The van der Waals surface area contributed by atoms with E-state index in [9.17, 15) is 0 Å². The molecule has 2 heterocycles. The van der Waals surface area contributed by atoms with Crippen LogP contribution in [0.4, 0.5) is 0 Å². The number of hydrogen-bond donors (Lipinski definition) is 0. The minimum atomic E-state index is 0.354. The molecule has 0 spiro atoms. The number of nitriles is 1. The number of oxazole rings is 1. The van der Waals surface area contributed by atoms with Crippen molar-refractivity contribution in [1.29, 1.82) is 5.26 Å². The van der Waals surface area contributed by atoms with Gasteiger partial charge in [-0.25, -0.2) is 4.98 Å². The Kier molecular flexibility index (Phi) is 3.80. The van der Waals surface area contributed by atoms with Gasteiger partial charge in [-0.1, -0.05) is 30.3 Å². The van der Waals surface area contributed by atoms with Crippen LogP contribution in [0.5, 0.6) is 0 Å². The van der Waals surface area contributed by atoms with Crippen LogP contribution in [-0.2, 0) is 6.54 Å². The standard InChI is InChI=1S/C16H17N3O/c17-9-8-14-7-4-10-19(14)12-16-18-11-15(20-16)13-5-2-1-3-6-13/h1-3,5-6,11,14H,4,7-8,10,12H2/t14-/m0/s1. The lowest BCUT2D eigenvalue weighted by molar-refractivity contribution is 0.224. The molecule has 1 aliphatic heterocycles. The Hall–Kier alpha value is -2.12. The highest BCUT2D eigenvalue weighted by atomic mass is 16.4. The van der Waals surface area contributed by atoms with Crippen LogP contribution in [0.3, 0.4) is 0 Å². The summed E-state index contributed by atoms with van der Waals surface area (Å²) in [5.41, 5.74) is 1.04. The van der Waals surface area contributed by atoms with Crippen LogP contribution in [0.25, 0.3) is 11.3 Å². The smallest absolute Gasteiger partial charge is 0.209 e. The fraction of sp³-hybridized carbons (Fsp3) is 0.375. The number of rotatable bonds is 4. The van der Waals surface area contributed by atoms with Crippen molar-refractivity contribution < 1.29 is 4.42 Å². The molecular weight excluding hydrogens is 250 g/mol. The fourth-order valence-electron chi connectivity index (χ4n) is 2.73. The van der Waals surface area contributed by atoms with Crippen molar-refractivity contribution in [3.63, 3.8) is 0 Å². The van der Waals surface area contributed by atoms with E-state index in [1.807, 2.05) is 30.3 Å². The Morgan fingerprint density at radius 3 is 3.00 bits per heavy atom. The van der Waals surface area contributed by atoms with Gasteiger partial charge in [0.1, 0.15) is 0 Å². The average molecular weight is 267 g/mol. The molecule has 0 radical (unpaired) electrons. The van der Waals surface area contributed by atoms with E-state index in [4.69, 9.17) is 9.68 Å². The lowest BCUT2D eigenvalue weighted by atomic mass is 10.2. The topological polar surface area (TPSA) is 53.1 Å². The van der Waals surface area contributed by atoms with Gasteiger partial charge < -0.3 is 4.42 Å². The van der Waals surface area contributed by atoms with Crippen molar-refractivity contribution in [1.82, 2.24) is 9.88 Å². The van der Waals surface area contributed by atoms with Crippen molar-refractivity contribution in [2.75, 3.05) is 6.54 Å². The molecule has 1 saturated heterocycles. The van der Waals surface area contributed by atoms with Gasteiger partial charge in [0.15, 0.2) is 5.76 Å². The van der Waals surface area contributed by atoms with Crippen LogP contribution in [0.15, 0.2) is 40.9 Å². The molecule has 3 rings (SSSR count). The van der Waals surface area contributed by atoms with Gasteiger partial charge in [0, 0.05) is 11.6 Å². The molecule has 4 heteroatoms. The number of benzene rings is 1. The van der Waals surface area contributed by atoms with Gasteiger partial charge in [0.05, 0.1) is 25.2 Å². The van der Waals surface area contributed by atoms with Crippen LogP contribution < -0.4 is 0 Å². The molecule has 1 fully saturated rings. The maximum atomic E-state index is 8.85. The molecule has 0 N–H and O–H groups in total. The molecular formula is C16H17N3O. The van der Waals surface area contributed by atoms with Crippen molar-refractivity contribution in [3.8, 4) is 17.4 Å². The summed E-state index contributed by atoms with van der Waals surface area (Å²) >= 11 is 0.